The molecule has 0 saturated heterocycles. The molecule has 4 N–H and O–H groups in total. The summed E-state index contributed by atoms with van der Waals surface area (Å²) < 4.78 is 10.8. The van der Waals surface area contributed by atoms with E-state index < -0.39 is 5.97 Å². The maximum Gasteiger partial charge on any atom is 0.334 e. The number of esters is 1. The van der Waals surface area contributed by atoms with Gasteiger partial charge < -0.3 is 20.9 Å². The van der Waals surface area contributed by atoms with Crippen LogP contribution in [0.2, 0.25) is 0 Å². The largest absolute Gasteiger partial charge is 0.465 e. The van der Waals surface area contributed by atoms with Crippen LogP contribution >= 0.6 is 0 Å². The van der Waals surface area contributed by atoms with Crippen LogP contribution in [0.3, 0.4) is 0 Å². The lowest BCUT2D eigenvalue weighted by atomic mass is 9.68. The van der Waals surface area contributed by atoms with E-state index in [0.29, 0.717) is 23.0 Å². The Morgan fingerprint density at radius 2 is 1.47 bits per heavy atom. The van der Waals surface area contributed by atoms with E-state index in [1.54, 1.807) is 18.2 Å². The maximum absolute atomic E-state index is 11.9. The van der Waals surface area contributed by atoms with Crippen LogP contribution in [-0.4, -0.2) is 5.97 Å². The summed E-state index contributed by atoms with van der Waals surface area (Å²) in [6.07, 6.45) is 13.7. The van der Waals surface area contributed by atoms with Crippen molar-refractivity contribution in [1.29, 1.82) is 0 Å². The van der Waals surface area contributed by atoms with Gasteiger partial charge in [0.15, 0.2) is 0 Å². The molecule has 5 heteroatoms. The Balaban J connectivity index is 1.19. The normalized spacial score (nSPS) is 25.2. The molecule has 0 radical (unpaired) electrons. The topological polar surface area (TPSA) is 87.6 Å². The van der Waals surface area contributed by atoms with E-state index >= 15 is 0 Å². The second-order valence-electron chi connectivity index (χ2n) is 10.2. The van der Waals surface area contributed by atoms with Crippen molar-refractivity contribution in [2.45, 2.75) is 70.8 Å². The first-order valence-corrected chi connectivity index (χ1v) is 12.7. The molecule has 2 aromatic rings. The first-order chi connectivity index (χ1) is 16.5. The zero-order valence-electron chi connectivity index (χ0n) is 20.2. The molecule has 0 atom stereocenters. The van der Waals surface area contributed by atoms with Crippen molar-refractivity contribution in [3.8, 4) is 5.75 Å². The van der Waals surface area contributed by atoms with Gasteiger partial charge in [-0.3, -0.25) is 0 Å². The highest BCUT2D eigenvalue weighted by Gasteiger charge is 2.30. The average molecular weight is 463 g/mol. The third-order valence-electron chi connectivity index (χ3n) is 7.68. The van der Waals surface area contributed by atoms with Crippen LogP contribution in [0, 0.1) is 17.8 Å². The lowest BCUT2D eigenvalue weighted by Crippen LogP contribution is -2.24. The van der Waals surface area contributed by atoms with Gasteiger partial charge in [-0.1, -0.05) is 31.9 Å². The molecule has 0 heterocycles. The number of benzene rings is 2. The first kappa shape index (κ1) is 24.2. The highest BCUT2D eigenvalue weighted by molar-refractivity contribution is 5.81. The zero-order valence-corrected chi connectivity index (χ0v) is 20.2. The standard InChI is InChI=1S/C29H38N2O3/c1-20-2-4-22(5-3-20)23-6-8-24(9-7-23)25-10-12-28(13-11-25)33-15-14-29(32)34-19-21-16-26(30)18-27(31)17-21/h10-18,20,22-24H,2-9,19,30-31H2,1H3/b15-14+. The molecular formula is C29H38N2O3. The van der Waals surface area contributed by atoms with Crippen LogP contribution < -0.4 is 16.2 Å². The summed E-state index contributed by atoms with van der Waals surface area (Å²) in [5, 5.41) is 0. The van der Waals surface area contributed by atoms with Crippen molar-refractivity contribution >= 4 is 17.3 Å². The summed E-state index contributed by atoms with van der Waals surface area (Å²) >= 11 is 0. The molecule has 0 unspecified atom stereocenters. The van der Waals surface area contributed by atoms with Gasteiger partial charge in [0, 0.05) is 11.4 Å². The van der Waals surface area contributed by atoms with E-state index in [9.17, 15) is 4.79 Å². The molecule has 182 valence electrons. The fraction of sp³-hybridized carbons (Fsp3) is 0.483. The minimum Gasteiger partial charge on any atom is -0.465 e. The number of carbonyl (C=O) groups is 1. The Hall–Kier alpha value is -2.95. The molecule has 2 saturated carbocycles. The second-order valence-corrected chi connectivity index (χ2v) is 10.2. The minimum atomic E-state index is -0.484. The van der Waals surface area contributed by atoms with Gasteiger partial charge in [0.1, 0.15) is 12.4 Å². The van der Waals surface area contributed by atoms with Crippen molar-refractivity contribution < 1.29 is 14.3 Å². The van der Waals surface area contributed by atoms with Crippen molar-refractivity contribution in [1.82, 2.24) is 0 Å². The van der Waals surface area contributed by atoms with E-state index in [0.717, 1.165) is 23.3 Å². The molecule has 4 rings (SSSR count). The monoisotopic (exact) mass is 462 g/mol. The minimum absolute atomic E-state index is 0.106. The number of hydrogen-bond acceptors (Lipinski definition) is 5. The van der Waals surface area contributed by atoms with Crippen LogP contribution in [0.25, 0.3) is 0 Å². The van der Waals surface area contributed by atoms with Crippen LogP contribution in [-0.2, 0) is 16.1 Å². The number of rotatable bonds is 7. The predicted molar refractivity (Wildman–Crippen MR) is 137 cm³/mol. The van der Waals surface area contributed by atoms with Gasteiger partial charge in [0.25, 0.3) is 0 Å². The fourth-order valence-electron chi connectivity index (χ4n) is 5.70. The van der Waals surface area contributed by atoms with Gasteiger partial charge in [-0.2, -0.15) is 0 Å². The van der Waals surface area contributed by atoms with Crippen molar-refractivity contribution in [2.24, 2.45) is 17.8 Å². The Labute approximate surface area is 203 Å². The van der Waals surface area contributed by atoms with E-state index in [4.69, 9.17) is 20.9 Å². The van der Waals surface area contributed by atoms with Crippen LogP contribution in [0.1, 0.15) is 75.3 Å². The fourth-order valence-corrected chi connectivity index (χ4v) is 5.70. The highest BCUT2D eigenvalue weighted by atomic mass is 16.5. The average Bonchev–Trinajstić information content (AvgIpc) is 2.83. The van der Waals surface area contributed by atoms with Crippen LogP contribution in [0.15, 0.2) is 54.8 Å². The van der Waals surface area contributed by atoms with Gasteiger partial charge in [0.2, 0.25) is 0 Å². The molecule has 0 aromatic heterocycles. The number of ether oxygens (including phenoxy) is 2. The molecule has 5 nitrogen and oxygen atoms in total. The zero-order chi connectivity index (χ0) is 23.9. The van der Waals surface area contributed by atoms with Crippen LogP contribution in [0.5, 0.6) is 5.75 Å². The summed E-state index contributed by atoms with van der Waals surface area (Å²) in [5.74, 6) is 3.72. The third-order valence-corrected chi connectivity index (χ3v) is 7.68. The van der Waals surface area contributed by atoms with Gasteiger partial charge in [-0.25, -0.2) is 4.79 Å². The summed E-state index contributed by atoms with van der Waals surface area (Å²) in [5.41, 5.74) is 14.7. The van der Waals surface area contributed by atoms with E-state index in [1.165, 1.54) is 69.3 Å². The summed E-state index contributed by atoms with van der Waals surface area (Å²) in [4.78, 5) is 11.9. The Kier molecular flexibility index (Phi) is 8.15. The Morgan fingerprint density at radius 3 is 2.09 bits per heavy atom. The Morgan fingerprint density at radius 1 is 0.882 bits per heavy atom. The molecule has 0 aliphatic heterocycles. The molecule has 2 aliphatic rings. The summed E-state index contributed by atoms with van der Waals surface area (Å²) in [7, 11) is 0. The highest BCUT2D eigenvalue weighted by Crippen LogP contribution is 2.43. The molecule has 0 amide bonds. The molecule has 2 aliphatic carbocycles. The second kappa shape index (κ2) is 11.5. The van der Waals surface area contributed by atoms with Gasteiger partial charge >= 0.3 is 5.97 Å². The molecular weight excluding hydrogens is 424 g/mol. The molecule has 0 spiro atoms. The number of carbonyl (C=O) groups excluding carboxylic acids is 1. The lowest BCUT2D eigenvalue weighted by molar-refractivity contribution is -0.139. The molecule has 34 heavy (non-hydrogen) atoms. The number of nitrogens with two attached hydrogens (primary N) is 2. The van der Waals surface area contributed by atoms with E-state index in [1.807, 2.05) is 12.1 Å². The molecule has 0 bridgehead atoms. The molecule has 2 fully saturated rings. The predicted octanol–water partition coefficient (Wildman–Crippen LogP) is 6.59. The summed E-state index contributed by atoms with van der Waals surface area (Å²) in [6.45, 7) is 2.51. The quantitative estimate of drug-likeness (QED) is 0.210. The van der Waals surface area contributed by atoms with Crippen molar-refractivity contribution in [2.75, 3.05) is 11.5 Å². The van der Waals surface area contributed by atoms with E-state index in [-0.39, 0.29) is 6.61 Å². The Bertz CT molecular complexity index is 949. The lowest BCUT2D eigenvalue weighted by Gasteiger charge is -2.37. The number of nitrogen functional groups attached to an aromatic ring is 2. The number of anilines is 2. The van der Waals surface area contributed by atoms with Crippen LogP contribution in [0.4, 0.5) is 11.4 Å². The van der Waals surface area contributed by atoms with Gasteiger partial charge in [0.05, 0.1) is 12.3 Å². The third kappa shape index (κ3) is 6.78. The van der Waals surface area contributed by atoms with Gasteiger partial charge in [-0.15, -0.1) is 0 Å². The van der Waals surface area contributed by atoms with Crippen molar-refractivity contribution in [3.63, 3.8) is 0 Å². The summed E-state index contributed by atoms with van der Waals surface area (Å²) in [6, 6.07) is 13.4. The van der Waals surface area contributed by atoms with Gasteiger partial charge in [-0.05, 0) is 104 Å². The maximum atomic E-state index is 11.9. The molecule has 2 aromatic carbocycles. The first-order valence-electron chi connectivity index (χ1n) is 12.7. The SMILES string of the molecule is CC1CCC(C2CCC(c3ccc(O/C=C/C(=O)OCc4cc(N)cc(N)c4)cc3)CC2)CC1. The van der Waals surface area contributed by atoms with Crippen molar-refractivity contribution in [3.05, 3.63) is 65.9 Å². The van der Waals surface area contributed by atoms with E-state index in [2.05, 4.69) is 19.1 Å². The smallest absolute Gasteiger partial charge is 0.334 e. The number of hydrogen-bond donors (Lipinski definition) is 2.